The Bertz CT molecular complexity index is 404. The zero-order valence-corrected chi connectivity index (χ0v) is 11.3. The Balaban J connectivity index is 2.67. The summed E-state index contributed by atoms with van der Waals surface area (Å²) in [7, 11) is 0. The lowest BCUT2D eigenvalue weighted by molar-refractivity contribution is 0.695. The molecule has 0 spiro atoms. The van der Waals surface area contributed by atoms with E-state index < -0.39 is 0 Å². The fourth-order valence-electron chi connectivity index (χ4n) is 1.44. The second kappa shape index (κ2) is 8.00. The summed E-state index contributed by atoms with van der Waals surface area (Å²) >= 11 is 1.87. The highest BCUT2D eigenvalue weighted by Gasteiger charge is 1.98. The molecule has 0 fully saturated rings. The molecule has 1 atom stereocenters. The monoisotopic (exact) mass is 245 g/mol. The Kier molecular flexibility index (Phi) is 6.54. The third kappa shape index (κ3) is 5.12. The summed E-state index contributed by atoms with van der Waals surface area (Å²) < 4.78 is 0. The first-order valence-corrected chi connectivity index (χ1v) is 6.83. The van der Waals surface area contributed by atoms with Crippen LogP contribution in [0.15, 0.2) is 35.2 Å². The van der Waals surface area contributed by atoms with Crippen LogP contribution in [0.1, 0.15) is 19.4 Å². The van der Waals surface area contributed by atoms with Gasteiger partial charge in [0.15, 0.2) is 0 Å². The quantitative estimate of drug-likeness (QED) is 0.609. The molecule has 0 aliphatic heterocycles. The maximum Gasteiger partial charge on any atom is 0.0578 e. The first-order chi connectivity index (χ1) is 8.27. The predicted octanol–water partition coefficient (Wildman–Crippen LogP) is 3.42. The van der Waals surface area contributed by atoms with E-state index in [9.17, 15) is 0 Å². The zero-order valence-electron chi connectivity index (χ0n) is 10.4. The third-order valence-corrected chi connectivity index (χ3v) is 3.28. The minimum Gasteiger partial charge on any atom is -0.300 e. The molecular formula is C15H19NS. The second-order valence-corrected chi connectivity index (χ2v) is 5.01. The van der Waals surface area contributed by atoms with Crippen LogP contribution in [0.3, 0.4) is 0 Å². The zero-order chi connectivity index (χ0) is 12.5. The highest BCUT2D eigenvalue weighted by atomic mass is 32.2. The van der Waals surface area contributed by atoms with Crippen molar-refractivity contribution < 1.29 is 0 Å². The van der Waals surface area contributed by atoms with E-state index in [4.69, 9.17) is 6.42 Å². The Labute approximate surface area is 109 Å². The van der Waals surface area contributed by atoms with E-state index in [2.05, 4.69) is 61.5 Å². The molecule has 1 N–H and O–H groups in total. The fourth-order valence-corrected chi connectivity index (χ4v) is 2.23. The molecule has 1 aromatic carbocycles. The Hall–Kier alpha value is -1.17. The van der Waals surface area contributed by atoms with Gasteiger partial charge in [-0.3, -0.25) is 0 Å². The summed E-state index contributed by atoms with van der Waals surface area (Å²) in [5.74, 6) is 3.67. The number of nitrogens with one attached hydrogen (secondary N) is 1. The lowest BCUT2D eigenvalue weighted by Crippen LogP contribution is -2.23. The molecular weight excluding hydrogens is 226 g/mol. The van der Waals surface area contributed by atoms with Crippen LogP contribution in [0.2, 0.25) is 0 Å². The number of thioether (sulfide) groups is 1. The fraction of sp³-hybridized carbons (Fsp3) is 0.333. The summed E-state index contributed by atoms with van der Waals surface area (Å²) in [5, 5.41) is 3.22. The Morgan fingerprint density at radius 1 is 1.47 bits per heavy atom. The second-order valence-electron chi connectivity index (χ2n) is 3.70. The van der Waals surface area contributed by atoms with Gasteiger partial charge in [0.05, 0.1) is 6.54 Å². The first kappa shape index (κ1) is 13.9. The van der Waals surface area contributed by atoms with E-state index in [1.165, 1.54) is 10.5 Å². The molecule has 0 saturated carbocycles. The average molecular weight is 245 g/mol. The maximum atomic E-state index is 5.21. The molecule has 0 aliphatic carbocycles. The summed E-state index contributed by atoms with van der Waals surface area (Å²) in [6.45, 7) is 4.88. The van der Waals surface area contributed by atoms with Gasteiger partial charge in [-0.05, 0) is 24.3 Å². The van der Waals surface area contributed by atoms with Crippen molar-refractivity contribution in [3.63, 3.8) is 0 Å². The number of terminal acetylenes is 1. The van der Waals surface area contributed by atoms with Gasteiger partial charge in [0.1, 0.15) is 0 Å². The van der Waals surface area contributed by atoms with Crippen LogP contribution >= 0.6 is 11.8 Å². The van der Waals surface area contributed by atoms with E-state index in [1.54, 1.807) is 0 Å². The topological polar surface area (TPSA) is 12.0 Å². The van der Waals surface area contributed by atoms with Crippen molar-refractivity contribution in [2.24, 2.45) is 0 Å². The van der Waals surface area contributed by atoms with Crippen LogP contribution in [-0.4, -0.2) is 18.3 Å². The van der Waals surface area contributed by atoms with Crippen LogP contribution in [0.5, 0.6) is 0 Å². The van der Waals surface area contributed by atoms with Crippen LogP contribution in [0.4, 0.5) is 0 Å². The van der Waals surface area contributed by atoms with Gasteiger partial charge in [0, 0.05) is 10.9 Å². The normalized spacial score (nSPS) is 12.5. The highest BCUT2D eigenvalue weighted by Crippen LogP contribution is 2.23. The SMILES string of the molecule is C#CCNC(C)/C=C/c1ccccc1SCC. The van der Waals surface area contributed by atoms with Crippen LogP contribution in [0.25, 0.3) is 6.08 Å². The molecule has 0 bridgehead atoms. The van der Waals surface area contributed by atoms with Crippen LogP contribution in [0, 0.1) is 12.3 Å². The van der Waals surface area contributed by atoms with Gasteiger partial charge in [-0.1, -0.05) is 43.2 Å². The van der Waals surface area contributed by atoms with Crippen molar-refractivity contribution in [2.45, 2.75) is 24.8 Å². The Morgan fingerprint density at radius 2 is 2.24 bits per heavy atom. The van der Waals surface area contributed by atoms with E-state index in [0.29, 0.717) is 12.6 Å². The van der Waals surface area contributed by atoms with Gasteiger partial charge < -0.3 is 5.32 Å². The molecule has 0 amide bonds. The van der Waals surface area contributed by atoms with Crippen molar-refractivity contribution in [1.82, 2.24) is 5.32 Å². The molecule has 17 heavy (non-hydrogen) atoms. The van der Waals surface area contributed by atoms with Crippen LogP contribution in [-0.2, 0) is 0 Å². The molecule has 1 aromatic rings. The van der Waals surface area contributed by atoms with Crippen molar-refractivity contribution >= 4 is 17.8 Å². The average Bonchev–Trinajstić information content (AvgIpc) is 2.35. The predicted molar refractivity (Wildman–Crippen MR) is 78.2 cm³/mol. The van der Waals surface area contributed by atoms with E-state index >= 15 is 0 Å². The van der Waals surface area contributed by atoms with Crippen LogP contribution < -0.4 is 5.32 Å². The summed E-state index contributed by atoms with van der Waals surface area (Å²) in [4.78, 5) is 1.33. The largest absolute Gasteiger partial charge is 0.300 e. The lowest BCUT2D eigenvalue weighted by atomic mass is 10.2. The number of rotatable bonds is 6. The van der Waals surface area contributed by atoms with E-state index in [-0.39, 0.29) is 0 Å². The van der Waals surface area contributed by atoms with E-state index in [1.807, 2.05) is 11.8 Å². The smallest absolute Gasteiger partial charge is 0.0578 e. The summed E-state index contributed by atoms with van der Waals surface area (Å²) in [6.07, 6.45) is 9.51. The van der Waals surface area contributed by atoms with Gasteiger partial charge in [-0.2, -0.15) is 0 Å². The molecule has 90 valence electrons. The minimum absolute atomic E-state index is 0.297. The lowest BCUT2D eigenvalue weighted by Gasteiger charge is -2.07. The standard InChI is InChI=1S/C15H19NS/c1-4-12-16-13(3)10-11-14-8-6-7-9-15(14)17-5-2/h1,6-11,13,16H,5,12H2,2-3H3/b11-10+. The van der Waals surface area contributed by atoms with Gasteiger partial charge in [-0.25, -0.2) is 0 Å². The van der Waals surface area contributed by atoms with Gasteiger partial charge in [0.25, 0.3) is 0 Å². The molecule has 0 saturated heterocycles. The highest BCUT2D eigenvalue weighted by molar-refractivity contribution is 7.99. The molecule has 0 aromatic heterocycles. The molecule has 0 aliphatic rings. The Morgan fingerprint density at radius 3 is 2.94 bits per heavy atom. The number of hydrogen-bond donors (Lipinski definition) is 1. The molecule has 1 unspecified atom stereocenters. The van der Waals surface area contributed by atoms with Crippen molar-refractivity contribution in [3.05, 3.63) is 35.9 Å². The molecule has 1 rings (SSSR count). The van der Waals surface area contributed by atoms with E-state index in [0.717, 1.165) is 5.75 Å². The van der Waals surface area contributed by atoms with Gasteiger partial charge in [0.2, 0.25) is 0 Å². The molecule has 1 nitrogen and oxygen atoms in total. The minimum atomic E-state index is 0.297. The number of hydrogen-bond acceptors (Lipinski definition) is 2. The number of benzene rings is 1. The third-order valence-electron chi connectivity index (χ3n) is 2.31. The summed E-state index contributed by atoms with van der Waals surface area (Å²) in [6, 6.07) is 8.75. The van der Waals surface area contributed by atoms with Gasteiger partial charge >= 0.3 is 0 Å². The first-order valence-electron chi connectivity index (χ1n) is 5.84. The van der Waals surface area contributed by atoms with Crippen molar-refractivity contribution in [3.8, 4) is 12.3 Å². The maximum absolute atomic E-state index is 5.21. The molecule has 0 radical (unpaired) electrons. The van der Waals surface area contributed by atoms with Crippen molar-refractivity contribution in [1.29, 1.82) is 0 Å². The molecule has 0 heterocycles. The van der Waals surface area contributed by atoms with Gasteiger partial charge in [-0.15, -0.1) is 18.2 Å². The molecule has 2 heteroatoms. The summed E-state index contributed by atoms with van der Waals surface area (Å²) in [5.41, 5.74) is 1.27. The van der Waals surface area contributed by atoms with Crippen molar-refractivity contribution in [2.75, 3.05) is 12.3 Å².